The average Bonchev–Trinajstić information content (AvgIpc) is 2.37. The molecule has 19 heavy (non-hydrogen) atoms. The molecule has 1 N–H and O–H groups in total. The molecule has 1 aliphatic rings. The second kappa shape index (κ2) is 5.06. The quantitative estimate of drug-likeness (QED) is 0.910. The van der Waals surface area contributed by atoms with Crippen LogP contribution in [0.2, 0.25) is 0 Å². The van der Waals surface area contributed by atoms with E-state index >= 15 is 0 Å². The van der Waals surface area contributed by atoms with Gasteiger partial charge in [-0.1, -0.05) is 52.3 Å². The predicted octanol–water partition coefficient (Wildman–Crippen LogP) is 3.67. The predicted molar refractivity (Wildman–Crippen MR) is 78.8 cm³/mol. The van der Waals surface area contributed by atoms with Gasteiger partial charge in [-0.3, -0.25) is 0 Å². The number of benzene rings is 2. The Morgan fingerprint density at radius 1 is 1.11 bits per heavy atom. The summed E-state index contributed by atoms with van der Waals surface area (Å²) in [5, 5.41) is 3.36. The summed E-state index contributed by atoms with van der Waals surface area (Å²) in [7, 11) is 0. The van der Waals surface area contributed by atoms with Gasteiger partial charge in [0.15, 0.2) is 0 Å². The molecule has 3 heteroatoms. The fourth-order valence-corrected chi connectivity index (χ4v) is 3.17. The fourth-order valence-electron chi connectivity index (χ4n) is 2.68. The maximum atomic E-state index is 13.2. The van der Waals surface area contributed by atoms with Crippen LogP contribution in [0.1, 0.15) is 11.1 Å². The molecule has 1 saturated heterocycles. The summed E-state index contributed by atoms with van der Waals surface area (Å²) in [5.41, 5.74) is 2.65. The summed E-state index contributed by atoms with van der Waals surface area (Å²) in [6.45, 7) is 1.95. The zero-order chi connectivity index (χ0) is 13.3. The third kappa shape index (κ3) is 2.45. The Morgan fingerprint density at radius 2 is 1.84 bits per heavy atom. The van der Waals surface area contributed by atoms with Crippen LogP contribution in [0, 0.1) is 5.82 Å². The third-order valence-corrected chi connectivity index (χ3v) is 4.60. The van der Waals surface area contributed by atoms with Crippen molar-refractivity contribution in [3.63, 3.8) is 0 Å². The Kier molecular flexibility index (Phi) is 3.42. The number of nitrogens with one attached hydrogen (secondary N) is 1. The topological polar surface area (TPSA) is 12.0 Å². The van der Waals surface area contributed by atoms with Crippen molar-refractivity contribution < 1.29 is 4.39 Å². The van der Waals surface area contributed by atoms with E-state index in [0.29, 0.717) is 0 Å². The maximum Gasteiger partial charge on any atom is 0.124 e. The van der Waals surface area contributed by atoms with E-state index in [1.54, 1.807) is 6.07 Å². The smallest absolute Gasteiger partial charge is 0.124 e. The Labute approximate surface area is 121 Å². The first kappa shape index (κ1) is 12.8. The molecule has 1 aliphatic heterocycles. The molecular formula is C16H15BrFN. The normalized spacial score (nSPS) is 16.9. The zero-order valence-corrected chi connectivity index (χ0v) is 12.1. The highest BCUT2D eigenvalue weighted by Gasteiger charge is 2.38. The third-order valence-electron chi connectivity index (χ3n) is 3.86. The number of rotatable bonds is 3. The zero-order valence-electron chi connectivity index (χ0n) is 10.5. The molecule has 0 unspecified atom stereocenters. The van der Waals surface area contributed by atoms with E-state index in [9.17, 15) is 4.39 Å². The molecule has 0 saturated carbocycles. The molecule has 2 aromatic carbocycles. The first-order valence-electron chi connectivity index (χ1n) is 6.40. The lowest BCUT2D eigenvalue weighted by Gasteiger charge is -2.43. The van der Waals surface area contributed by atoms with Crippen molar-refractivity contribution in [2.24, 2.45) is 0 Å². The summed E-state index contributed by atoms with van der Waals surface area (Å²) >= 11 is 3.47. The van der Waals surface area contributed by atoms with E-state index < -0.39 is 0 Å². The van der Waals surface area contributed by atoms with Gasteiger partial charge in [0.25, 0.3) is 0 Å². The standard InChI is InChI=1S/C16H15BrFN/c17-15-8-14(18)7-6-12(15)9-16(10-19-11-16)13-4-2-1-3-5-13/h1-8,19H,9-11H2. The highest BCUT2D eigenvalue weighted by Crippen LogP contribution is 2.34. The van der Waals surface area contributed by atoms with Crippen molar-refractivity contribution in [1.82, 2.24) is 5.32 Å². The SMILES string of the molecule is Fc1ccc(CC2(c3ccccc3)CNC2)c(Br)c1. The molecule has 1 fully saturated rings. The molecule has 1 heterocycles. The van der Waals surface area contributed by atoms with Gasteiger partial charge in [0.1, 0.15) is 5.82 Å². The minimum atomic E-state index is -0.198. The van der Waals surface area contributed by atoms with E-state index in [4.69, 9.17) is 0 Å². The molecule has 2 aromatic rings. The maximum absolute atomic E-state index is 13.2. The molecular weight excluding hydrogens is 305 g/mol. The van der Waals surface area contributed by atoms with Gasteiger partial charge in [-0.05, 0) is 29.7 Å². The fraction of sp³-hybridized carbons (Fsp3) is 0.250. The molecule has 0 spiro atoms. The minimum Gasteiger partial charge on any atom is -0.315 e. The minimum absolute atomic E-state index is 0.140. The van der Waals surface area contributed by atoms with Crippen LogP contribution in [0.3, 0.4) is 0 Å². The van der Waals surface area contributed by atoms with Crippen molar-refractivity contribution in [2.75, 3.05) is 13.1 Å². The van der Waals surface area contributed by atoms with Gasteiger partial charge in [-0.2, -0.15) is 0 Å². The van der Waals surface area contributed by atoms with Gasteiger partial charge in [0, 0.05) is 23.0 Å². The van der Waals surface area contributed by atoms with Crippen LogP contribution in [0.5, 0.6) is 0 Å². The Hall–Kier alpha value is -1.19. The number of hydrogen-bond acceptors (Lipinski definition) is 1. The summed E-state index contributed by atoms with van der Waals surface area (Å²) in [4.78, 5) is 0. The van der Waals surface area contributed by atoms with E-state index in [1.165, 1.54) is 11.6 Å². The van der Waals surface area contributed by atoms with Crippen molar-refractivity contribution >= 4 is 15.9 Å². The summed E-state index contributed by atoms with van der Waals surface area (Å²) in [5.74, 6) is -0.198. The van der Waals surface area contributed by atoms with Gasteiger partial charge in [0.2, 0.25) is 0 Å². The molecule has 0 aliphatic carbocycles. The molecule has 0 aromatic heterocycles. The Balaban J connectivity index is 1.92. The van der Waals surface area contributed by atoms with Gasteiger partial charge in [-0.25, -0.2) is 4.39 Å². The average molecular weight is 320 g/mol. The van der Waals surface area contributed by atoms with Crippen molar-refractivity contribution in [2.45, 2.75) is 11.8 Å². The van der Waals surface area contributed by atoms with Gasteiger partial charge >= 0.3 is 0 Å². The van der Waals surface area contributed by atoms with Gasteiger partial charge in [-0.15, -0.1) is 0 Å². The lowest BCUT2D eigenvalue weighted by molar-refractivity contribution is 0.274. The van der Waals surface area contributed by atoms with E-state index in [2.05, 4.69) is 45.5 Å². The Bertz CT molecular complexity index is 579. The van der Waals surface area contributed by atoms with E-state index in [1.807, 2.05) is 12.1 Å². The largest absolute Gasteiger partial charge is 0.315 e. The molecule has 3 rings (SSSR count). The summed E-state index contributed by atoms with van der Waals surface area (Å²) in [6, 6.07) is 15.5. The first-order valence-corrected chi connectivity index (χ1v) is 7.19. The van der Waals surface area contributed by atoms with Crippen LogP contribution >= 0.6 is 15.9 Å². The van der Waals surface area contributed by atoms with Crippen LogP contribution in [-0.4, -0.2) is 13.1 Å². The van der Waals surface area contributed by atoms with Gasteiger partial charge < -0.3 is 5.32 Å². The van der Waals surface area contributed by atoms with Crippen LogP contribution in [0.15, 0.2) is 53.0 Å². The Morgan fingerprint density at radius 3 is 2.42 bits per heavy atom. The lowest BCUT2D eigenvalue weighted by Crippen LogP contribution is -2.58. The van der Waals surface area contributed by atoms with E-state index in [0.717, 1.165) is 29.5 Å². The second-order valence-electron chi connectivity index (χ2n) is 5.16. The number of hydrogen-bond donors (Lipinski definition) is 1. The molecule has 0 radical (unpaired) electrons. The molecule has 98 valence electrons. The van der Waals surface area contributed by atoms with Crippen molar-refractivity contribution in [3.8, 4) is 0 Å². The second-order valence-corrected chi connectivity index (χ2v) is 6.02. The van der Waals surface area contributed by atoms with Crippen molar-refractivity contribution in [3.05, 3.63) is 69.9 Å². The molecule has 0 bridgehead atoms. The molecule has 0 amide bonds. The highest BCUT2D eigenvalue weighted by molar-refractivity contribution is 9.10. The van der Waals surface area contributed by atoms with Gasteiger partial charge in [0.05, 0.1) is 0 Å². The summed E-state index contributed by atoms with van der Waals surface area (Å²) < 4.78 is 14.0. The van der Waals surface area contributed by atoms with Crippen LogP contribution in [0.25, 0.3) is 0 Å². The lowest BCUT2D eigenvalue weighted by atomic mass is 9.71. The first-order chi connectivity index (χ1) is 9.20. The summed E-state index contributed by atoms with van der Waals surface area (Å²) in [6.07, 6.45) is 0.922. The molecule has 1 nitrogen and oxygen atoms in total. The van der Waals surface area contributed by atoms with Crippen LogP contribution < -0.4 is 5.32 Å². The molecule has 0 atom stereocenters. The monoisotopic (exact) mass is 319 g/mol. The number of halogens is 2. The van der Waals surface area contributed by atoms with E-state index in [-0.39, 0.29) is 11.2 Å². The highest BCUT2D eigenvalue weighted by atomic mass is 79.9. The van der Waals surface area contributed by atoms with Crippen LogP contribution in [-0.2, 0) is 11.8 Å². The van der Waals surface area contributed by atoms with Crippen LogP contribution in [0.4, 0.5) is 4.39 Å². The van der Waals surface area contributed by atoms with Crippen molar-refractivity contribution in [1.29, 1.82) is 0 Å².